The van der Waals surface area contributed by atoms with Crippen LogP contribution in [0.25, 0.3) is 5.31 Å². The molecule has 0 amide bonds. The molecular weight excluding hydrogens is 249 g/mol. The van der Waals surface area contributed by atoms with Crippen LogP contribution in [-0.4, -0.2) is 4.98 Å². The summed E-state index contributed by atoms with van der Waals surface area (Å²) in [6.45, 7) is 0. The van der Waals surface area contributed by atoms with Crippen molar-refractivity contribution in [1.29, 1.82) is 0 Å². The molecule has 1 aromatic carbocycles. The Morgan fingerprint density at radius 2 is 2.16 bits per heavy atom. The van der Waals surface area contributed by atoms with Gasteiger partial charge in [0.15, 0.2) is 0 Å². The normalized spacial score (nSPS) is 21.3. The summed E-state index contributed by atoms with van der Waals surface area (Å²) >= 11 is 0. The van der Waals surface area contributed by atoms with E-state index in [2.05, 4.69) is 65.3 Å². The van der Waals surface area contributed by atoms with Crippen molar-refractivity contribution in [3.63, 3.8) is 0 Å². The zero-order chi connectivity index (χ0) is 12.7. The van der Waals surface area contributed by atoms with Crippen LogP contribution in [0.4, 0.5) is 0 Å². The van der Waals surface area contributed by atoms with E-state index in [1.807, 2.05) is 6.20 Å². The SMILES string of the molecule is C1=CC(C2C=C(p3ccnc3)c3ccccc32)=CC1. The van der Waals surface area contributed by atoms with Crippen LogP contribution in [0, 0.1) is 0 Å². The highest BCUT2D eigenvalue weighted by Gasteiger charge is 2.26. The van der Waals surface area contributed by atoms with Crippen molar-refractivity contribution in [2.24, 2.45) is 0 Å². The second kappa shape index (κ2) is 4.36. The average Bonchev–Trinajstić information content (AvgIpc) is 3.18. The first-order valence-corrected chi connectivity index (χ1v) is 8.07. The number of allylic oxidation sites excluding steroid dienone is 5. The smallest absolute Gasteiger partial charge is 0.0503 e. The van der Waals surface area contributed by atoms with Crippen molar-refractivity contribution in [3.05, 3.63) is 83.2 Å². The second-order valence-electron chi connectivity index (χ2n) is 4.93. The lowest BCUT2D eigenvalue weighted by Gasteiger charge is -2.10. The van der Waals surface area contributed by atoms with Crippen LogP contribution in [0.5, 0.6) is 0 Å². The van der Waals surface area contributed by atoms with Crippen LogP contribution < -0.4 is 0 Å². The van der Waals surface area contributed by atoms with E-state index in [4.69, 9.17) is 0 Å². The minimum atomic E-state index is -0.336. The zero-order valence-corrected chi connectivity index (χ0v) is 11.4. The molecule has 0 radical (unpaired) electrons. The molecule has 19 heavy (non-hydrogen) atoms. The number of aromatic nitrogens is 1. The van der Waals surface area contributed by atoms with E-state index < -0.39 is 0 Å². The van der Waals surface area contributed by atoms with E-state index in [1.54, 1.807) is 0 Å². The lowest BCUT2D eigenvalue weighted by atomic mass is 9.94. The highest BCUT2D eigenvalue weighted by molar-refractivity contribution is 7.59. The summed E-state index contributed by atoms with van der Waals surface area (Å²) in [4.78, 5) is 4.26. The Morgan fingerprint density at radius 1 is 1.21 bits per heavy atom. The van der Waals surface area contributed by atoms with Crippen LogP contribution in [0.15, 0.2) is 72.1 Å². The van der Waals surface area contributed by atoms with Crippen LogP contribution in [0.3, 0.4) is 0 Å². The summed E-state index contributed by atoms with van der Waals surface area (Å²) in [7, 11) is -0.336. The van der Waals surface area contributed by atoms with E-state index in [-0.39, 0.29) is 7.53 Å². The summed E-state index contributed by atoms with van der Waals surface area (Å²) < 4.78 is 0. The molecule has 0 N–H and O–H groups in total. The predicted molar refractivity (Wildman–Crippen MR) is 81.3 cm³/mol. The number of rotatable bonds is 2. The third-order valence-electron chi connectivity index (χ3n) is 3.84. The van der Waals surface area contributed by atoms with Gasteiger partial charge in [0.05, 0.1) is 5.93 Å². The third-order valence-corrected chi connectivity index (χ3v) is 5.62. The van der Waals surface area contributed by atoms with Crippen LogP contribution in [0.1, 0.15) is 23.5 Å². The van der Waals surface area contributed by atoms with Crippen LogP contribution >= 0.6 is 7.53 Å². The van der Waals surface area contributed by atoms with Crippen molar-refractivity contribution >= 4 is 12.8 Å². The Bertz CT molecular complexity index is 705. The topological polar surface area (TPSA) is 12.9 Å². The monoisotopic (exact) mass is 263 g/mol. The predicted octanol–water partition coefficient (Wildman–Crippen LogP) is 4.94. The van der Waals surface area contributed by atoms with Gasteiger partial charge in [0.1, 0.15) is 0 Å². The lowest BCUT2D eigenvalue weighted by molar-refractivity contribution is 1.05. The maximum absolute atomic E-state index is 4.26. The molecule has 0 aliphatic heterocycles. The Hall–Kier alpha value is -1.85. The van der Waals surface area contributed by atoms with Gasteiger partial charge in [-0.3, -0.25) is 4.98 Å². The number of hydrogen-bond acceptors (Lipinski definition) is 1. The summed E-state index contributed by atoms with van der Waals surface area (Å²) in [5.41, 5.74) is 4.31. The molecule has 0 fully saturated rings. The Balaban J connectivity index is 1.88. The summed E-state index contributed by atoms with van der Waals surface area (Å²) in [5.74, 6) is 4.77. The molecule has 1 aromatic heterocycles. The molecule has 2 aliphatic carbocycles. The van der Waals surface area contributed by atoms with E-state index in [9.17, 15) is 0 Å². The Labute approximate surface area is 114 Å². The molecule has 0 spiro atoms. The zero-order valence-electron chi connectivity index (χ0n) is 10.5. The highest BCUT2D eigenvalue weighted by Crippen LogP contribution is 2.52. The van der Waals surface area contributed by atoms with Gasteiger partial charge in [0, 0.05) is 17.4 Å². The number of benzene rings is 1. The number of nitrogens with zero attached hydrogens (tertiary/aromatic N) is 1. The quantitative estimate of drug-likeness (QED) is 0.747. The minimum absolute atomic E-state index is 0.336. The van der Waals surface area contributed by atoms with Gasteiger partial charge >= 0.3 is 0 Å². The molecule has 2 unspecified atom stereocenters. The molecular formula is C17H14NP. The molecule has 2 heteroatoms. The van der Waals surface area contributed by atoms with Gasteiger partial charge in [-0.15, -0.1) is 0 Å². The van der Waals surface area contributed by atoms with Crippen molar-refractivity contribution < 1.29 is 0 Å². The summed E-state index contributed by atoms with van der Waals surface area (Å²) in [5, 5.41) is 1.47. The van der Waals surface area contributed by atoms with Gasteiger partial charge in [-0.05, 0) is 28.9 Å². The average molecular weight is 263 g/mol. The van der Waals surface area contributed by atoms with Crippen LogP contribution in [0.2, 0.25) is 0 Å². The van der Waals surface area contributed by atoms with E-state index in [0.717, 1.165) is 6.42 Å². The van der Waals surface area contributed by atoms with E-state index >= 15 is 0 Å². The van der Waals surface area contributed by atoms with Crippen LogP contribution in [-0.2, 0) is 0 Å². The third kappa shape index (κ3) is 1.74. The van der Waals surface area contributed by atoms with Gasteiger partial charge < -0.3 is 0 Å². The van der Waals surface area contributed by atoms with Crippen molar-refractivity contribution in [1.82, 2.24) is 4.98 Å². The van der Waals surface area contributed by atoms with Gasteiger partial charge in [-0.1, -0.05) is 56.1 Å². The summed E-state index contributed by atoms with van der Waals surface area (Å²) in [6.07, 6.45) is 12.3. The Kier molecular flexibility index (Phi) is 2.53. The first-order valence-electron chi connectivity index (χ1n) is 6.59. The highest BCUT2D eigenvalue weighted by atomic mass is 31.1. The largest absolute Gasteiger partial charge is 0.260 e. The molecule has 2 aliphatic rings. The van der Waals surface area contributed by atoms with Crippen molar-refractivity contribution in [2.75, 3.05) is 0 Å². The number of hydrogen-bond donors (Lipinski definition) is 0. The van der Waals surface area contributed by atoms with Gasteiger partial charge in [0.25, 0.3) is 0 Å². The van der Waals surface area contributed by atoms with Gasteiger partial charge in [-0.25, -0.2) is 0 Å². The standard InChI is InChI=1S/C17H14NP/c1-2-6-13(5-1)16-11-17(19-10-9-18-12-19)15-8-4-3-7-14(15)16/h1,3-12,16H,2H2. The maximum Gasteiger partial charge on any atom is 0.0503 e. The van der Waals surface area contributed by atoms with Gasteiger partial charge in [0.2, 0.25) is 0 Å². The fourth-order valence-corrected chi connectivity index (χ4v) is 4.55. The molecule has 4 rings (SSSR count). The molecule has 0 saturated heterocycles. The first kappa shape index (κ1) is 11.0. The fraction of sp³-hybridized carbons (Fsp3) is 0.118. The molecule has 92 valence electrons. The fourth-order valence-electron chi connectivity index (χ4n) is 2.95. The molecule has 0 bridgehead atoms. The first-order chi connectivity index (χ1) is 9.43. The molecule has 1 heterocycles. The van der Waals surface area contributed by atoms with Crippen molar-refractivity contribution in [2.45, 2.75) is 12.3 Å². The maximum atomic E-state index is 4.26. The molecule has 0 saturated carbocycles. The molecule has 2 aromatic rings. The van der Waals surface area contributed by atoms with E-state index in [1.165, 1.54) is 22.0 Å². The number of fused-ring (bicyclic) bond motifs is 1. The van der Waals surface area contributed by atoms with E-state index in [0.29, 0.717) is 5.92 Å². The lowest BCUT2D eigenvalue weighted by Crippen LogP contribution is -1.94. The minimum Gasteiger partial charge on any atom is -0.260 e. The molecule has 2 atom stereocenters. The van der Waals surface area contributed by atoms with Gasteiger partial charge in [-0.2, -0.15) is 0 Å². The molecule has 1 nitrogen and oxygen atoms in total. The second-order valence-corrected chi connectivity index (χ2v) is 6.75. The Morgan fingerprint density at radius 3 is 2.95 bits per heavy atom. The van der Waals surface area contributed by atoms with Crippen molar-refractivity contribution in [3.8, 4) is 0 Å². The summed E-state index contributed by atoms with van der Waals surface area (Å²) in [6, 6.07) is 8.80.